The molecule has 1 saturated carbocycles. The molecule has 2 atom stereocenters. The Hall–Kier alpha value is -1.59. The number of nitrogens with zero attached hydrogens (tertiary/aromatic N) is 1. The summed E-state index contributed by atoms with van der Waals surface area (Å²) < 4.78 is 5.86. The summed E-state index contributed by atoms with van der Waals surface area (Å²) in [5.74, 6) is -0.950. The SMILES string of the molecule is CC1COC(c2cccc(Cl)c2)CN1C(=O)CC1(C(=O)O)CCC1. The Labute approximate surface area is 146 Å². The molecule has 1 heterocycles. The quantitative estimate of drug-likeness (QED) is 0.904. The zero-order valence-corrected chi connectivity index (χ0v) is 14.5. The molecule has 1 N–H and O–H groups in total. The summed E-state index contributed by atoms with van der Waals surface area (Å²) in [6.45, 7) is 2.79. The summed E-state index contributed by atoms with van der Waals surface area (Å²) in [4.78, 5) is 26.0. The fourth-order valence-electron chi connectivity index (χ4n) is 3.47. The van der Waals surface area contributed by atoms with Crippen LogP contribution in [0.5, 0.6) is 0 Å². The van der Waals surface area contributed by atoms with Crippen molar-refractivity contribution in [2.75, 3.05) is 13.2 Å². The van der Waals surface area contributed by atoms with Crippen LogP contribution in [0.4, 0.5) is 0 Å². The van der Waals surface area contributed by atoms with Gasteiger partial charge in [0.25, 0.3) is 0 Å². The van der Waals surface area contributed by atoms with Gasteiger partial charge in [0.1, 0.15) is 6.10 Å². The highest BCUT2D eigenvalue weighted by Gasteiger charge is 2.47. The zero-order chi connectivity index (χ0) is 17.3. The summed E-state index contributed by atoms with van der Waals surface area (Å²) in [5.41, 5.74) is 0.0736. The molecule has 1 saturated heterocycles. The van der Waals surface area contributed by atoms with Crippen molar-refractivity contribution in [2.45, 2.75) is 44.8 Å². The van der Waals surface area contributed by atoms with E-state index in [0.717, 1.165) is 12.0 Å². The summed E-state index contributed by atoms with van der Waals surface area (Å²) in [6, 6.07) is 7.37. The van der Waals surface area contributed by atoms with E-state index in [0.29, 0.717) is 31.0 Å². The van der Waals surface area contributed by atoms with E-state index in [-0.39, 0.29) is 24.5 Å². The highest BCUT2D eigenvalue weighted by atomic mass is 35.5. The van der Waals surface area contributed by atoms with E-state index < -0.39 is 11.4 Å². The third kappa shape index (κ3) is 3.28. The van der Waals surface area contributed by atoms with E-state index in [1.807, 2.05) is 25.1 Å². The number of carboxylic acid groups (broad SMARTS) is 1. The number of halogens is 1. The topological polar surface area (TPSA) is 66.8 Å². The van der Waals surface area contributed by atoms with E-state index >= 15 is 0 Å². The van der Waals surface area contributed by atoms with Gasteiger partial charge in [0.15, 0.2) is 0 Å². The molecular formula is C18H22ClNO4. The number of carbonyl (C=O) groups is 2. The summed E-state index contributed by atoms with van der Waals surface area (Å²) in [5, 5.41) is 10.1. The van der Waals surface area contributed by atoms with E-state index in [2.05, 4.69) is 0 Å². The first kappa shape index (κ1) is 17.2. The van der Waals surface area contributed by atoms with Gasteiger partial charge in [-0.1, -0.05) is 30.2 Å². The highest BCUT2D eigenvalue weighted by molar-refractivity contribution is 6.30. The highest BCUT2D eigenvalue weighted by Crippen LogP contribution is 2.45. The molecule has 1 amide bonds. The maximum Gasteiger partial charge on any atom is 0.310 e. The standard InChI is InChI=1S/C18H22ClNO4/c1-12-11-24-15(13-4-2-5-14(19)8-13)10-20(12)16(21)9-18(17(22)23)6-3-7-18/h2,4-5,8,12,15H,3,6-7,9-11H2,1H3,(H,22,23). The molecule has 1 aromatic rings. The van der Waals surface area contributed by atoms with Crippen LogP contribution < -0.4 is 0 Å². The lowest BCUT2D eigenvalue weighted by molar-refractivity contribution is -0.163. The molecular weight excluding hydrogens is 330 g/mol. The monoisotopic (exact) mass is 351 g/mol. The van der Waals surface area contributed by atoms with Gasteiger partial charge in [-0.15, -0.1) is 0 Å². The van der Waals surface area contributed by atoms with E-state index in [1.165, 1.54) is 0 Å². The number of carboxylic acids is 1. The number of amides is 1. The molecule has 1 aliphatic heterocycles. The molecule has 1 aromatic carbocycles. The molecule has 1 aliphatic carbocycles. The van der Waals surface area contributed by atoms with Gasteiger partial charge in [-0.3, -0.25) is 9.59 Å². The molecule has 5 nitrogen and oxygen atoms in total. The molecule has 0 aromatic heterocycles. The van der Waals surface area contributed by atoms with Crippen molar-refractivity contribution in [3.05, 3.63) is 34.9 Å². The Morgan fingerprint density at radius 2 is 2.17 bits per heavy atom. The number of morpholine rings is 1. The average molecular weight is 352 g/mol. The Morgan fingerprint density at radius 3 is 2.75 bits per heavy atom. The van der Waals surface area contributed by atoms with Gasteiger partial charge in [0.2, 0.25) is 5.91 Å². The molecule has 2 unspecified atom stereocenters. The third-order valence-electron chi connectivity index (χ3n) is 5.23. The van der Waals surface area contributed by atoms with Gasteiger partial charge in [-0.25, -0.2) is 0 Å². The minimum atomic E-state index is -0.860. The number of aliphatic carboxylic acids is 1. The Morgan fingerprint density at radius 1 is 1.42 bits per heavy atom. The fourth-order valence-corrected chi connectivity index (χ4v) is 3.67. The van der Waals surface area contributed by atoms with Crippen molar-refractivity contribution in [3.63, 3.8) is 0 Å². The van der Waals surface area contributed by atoms with E-state index in [9.17, 15) is 14.7 Å². The first-order valence-electron chi connectivity index (χ1n) is 8.31. The van der Waals surface area contributed by atoms with Gasteiger partial charge in [0.05, 0.1) is 24.6 Å². The van der Waals surface area contributed by atoms with Gasteiger partial charge in [-0.2, -0.15) is 0 Å². The van der Waals surface area contributed by atoms with Crippen LogP contribution in [-0.2, 0) is 14.3 Å². The maximum absolute atomic E-state index is 12.7. The van der Waals surface area contributed by atoms with E-state index in [1.54, 1.807) is 11.0 Å². The van der Waals surface area contributed by atoms with Crippen LogP contribution in [0.2, 0.25) is 5.02 Å². The predicted octanol–water partition coefficient (Wildman–Crippen LogP) is 3.27. The maximum atomic E-state index is 12.7. The first-order chi connectivity index (χ1) is 11.4. The second kappa shape index (κ2) is 6.73. The van der Waals surface area contributed by atoms with Gasteiger partial charge >= 0.3 is 5.97 Å². The molecule has 0 bridgehead atoms. The lowest BCUT2D eigenvalue weighted by Gasteiger charge is -2.42. The third-order valence-corrected chi connectivity index (χ3v) is 5.46. The lowest BCUT2D eigenvalue weighted by Crippen LogP contribution is -2.51. The van der Waals surface area contributed by atoms with Crippen LogP contribution in [0, 0.1) is 5.41 Å². The molecule has 2 aliphatic rings. The van der Waals surface area contributed by atoms with Crippen molar-refractivity contribution in [1.29, 1.82) is 0 Å². The Balaban J connectivity index is 1.72. The van der Waals surface area contributed by atoms with Gasteiger partial charge < -0.3 is 14.7 Å². The van der Waals surface area contributed by atoms with Crippen LogP contribution in [0.15, 0.2) is 24.3 Å². The average Bonchev–Trinajstić information content (AvgIpc) is 2.50. The molecule has 130 valence electrons. The number of hydrogen-bond donors (Lipinski definition) is 1. The van der Waals surface area contributed by atoms with Crippen LogP contribution in [-0.4, -0.2) is 41.1 Å². The van der Waals surface area contributed by atoms with Crippen LogP contribution in [0.25, 0.3) is 0 Å². The summed E-state index contributed by atoms with van der Waals surface area (Å²) in [7, 11) is 0. The minimum absolute atomic E-state index is 0.0566. The zero-order valence-electron chi connectivity index (χ0n) is 13.7. The van der Waals surface area contributed by atoms with Crippen molar-refractivity contribution in [2.24, 2.45) is 5.41 Å². The Bertz CT molecular complexity index is 644. The van der Waals surface area contributed by atoms with Gasteiger partial charge in [-0.05, 0) is 37.5 Å². The molecule has 6 heteroatoms. The summed E-state index contributed by atoms with van der Waals surface area (Å²) in [6.07, 6.45) is 1.90. The number of rotatable bonds is 4. The second-order valence-corrected chi connectivity index (χ2v) is 7.32. The molecule has 3 rings (SSSR count). The fraction of sp³-hybridized carbons (Fsp3) is 0.556. The van der Waals surface area contributed by atoms with Crippen molar-refractivity contribution in [3.8, 4) is 0 Å². The van der Waals surface area contributed by atoms with Crippen molar-refractivity contribution >= 4 is 23.5 Å². The number of benzene rings is 1. The van der Waals surface area contributed by atoms with Crippen LogP contribution in [0.1, 0.15) is 44.3 Å². The second-order valence-electron chi connectivity index (χ2n) is 6.89. The van der Waals surface area contributed by atoms with Crippen LogP contribution in [0.3, 0.4) is 0 Å². The largest absolute Gasteiger partial charge is 0.481 e. The van der Waals surface area contributed by atoms with E-state index in [4.69, 9.17) is 16.3 Å². The molecule has 24 heavy (non-hydrogen) atoms. The minimum Gasteiger partial charge on any atom is -0.481 e. The van der Waals surface area contributed by atoms with Crippen molar-refractivity contribution in [1.82, 2.24) is 4.90 Å². The predicted molar refractivity (Wildman–Crippen MR) is 89.9 cm³/mol. The normalized spacial score (nSPS) is 25.8. The van der Waals surface area contributed by atoms with Crippen molar-refractivity contribution < 1.29 is 19.4 Å². The number of hydrogen-bond acceptors (Lipinski definition) is 3. The summed E-state index contributed by atoms with van der Waals surface area (Å²) >= 11 is 6.04. The number of ether oxygens (including phenoxy) is 1. The first-order valence-corrected chi connectivity index (χ1v) is 8.69. The molecule has 0 spiro atoms. The smallest absolute Gasteiger partial charge is 0.310 e. The van der Waals surface area contributed by atoms with Gasteiger partial charge in [0, 0.05) is 11.4 Å². The van der Waals surface area contributed by atoms with Crippen LogP contribution >= 0.6 is 11.6 Å². The Kier molecular flexibility index (Phi) is 4.83. The molecule has 0 radical (unpaired) electrons. The lowest BCUT2D eigenvalue weighted by atomic mass is 9.66. The molecule has 2 fully saturated rings. The number of carbonyl (C=O) groups excluding carboxylic acids is 1.